The van der Waals surface area contributed by atoms with Crippen LogP contribution in [0.5, 0.6) is 0 Å². The van der Waals surface area contributed by atoms with Crippen LogP contribution in [0.3, 0.4) is 0 Å². The smallest absolute Gasteiger partial charge is 0.0237 e. The molecular formula is C17H18Co. The molecule has 0 bridgehead atoms. The largest absolute Gasteiger partial charge is 0.0882 e. The van der Waals surface area contributed by atoms with Gasteiger partial charge in [-0.1, -0.05) is 60.2 Å². The molecule has 95 valence electrons. The Morgan fingerprint density at radius 2 is 1.78 bits per heavy atom. The van der Waals surface area contributed by atoms with Gasteiger partial charge in [0.15, 0.2) is 0 Å². The van der Waals surface area contributed by atoms with Gasteiger partial charge in [0.25, 0.3) is 0 Å². The molecule has 0 spiro atoms. The van der Waals surface area contributed by atoms with Crippen molar-refractivity contribution in [2.75, 3.05) is 0 Å². The standard InChI is InChI=1S/C17H18.Co/c1-2-4-8-14(9-5-3-1)17-13-12-15-10-6-7-11-16(15)17;/h1-2,6-7,9-13,17H,3-5,8H2;. The van der Waals surface area contributed by atoms with E-state index in [0.29, 0.717) is 5.92 Å². The van der Waals surface area contributed by atoms with Gasteiger partial charge in [-0.05, 0) is 36.8 Å². The zero-order valence-electron chi connectivity index (χ0n) is 10.4. The first-order valence-corrected chi connectivity index (χ1v) is 6.56. The molecule has 0 N–H and O–H groups in total. The maximum absolute atomic E-state index is 2.46. The van der Waals surface area contributed by atoms with E-state index in [4.69, 9.17) is 0 Å². The van der Waals surface area contributed by atoms with Crippen molar-refractivity contribution in [2.24, 2.45) is 0 Å². The fourth-order valence-electron chi connectivity index (χ4n) is 2.81. The summed E-state index contributed by atoms with van der Waals surface area (Å²) in [4.78, 5) is 0. The molecule has 0 fully saturated rings. The Bertz CT molecular complexity index is 494. The maximum Gasteiger partial charge on any atom is 0.0237 e. The van der Waals surface area contributed by atoms with Gasteiger partial charge in [0, 0.05) is 22.7 Å². The van der Waals surface area contributed by atoms with E-state index in [-0.39, 0.29) is 16.8 Å². The van der Waals surface area contributed by atoms with Gasteiger partial charge < -0.3 is 0 Å². The van der Waals surface area contributed by atoms with Gasteiger partial charge in [0.2, 0.25) is 0 Å². The van der Waals surface area contributed by atoms with E-state index >= 15 is 0 Å². The zero-order chi connectivity index (χ0) is 11.5. The molecule has 1 radical (unpaired) electrons. The van der Waals surface area contributed by atoms with Crippen molar-refractivity contribution in [3.05, 3.63) is 65.3 Å². The molecule has 1 unspecified atom stereocenters. The van der Waals surface area contributed by atoms with E-state index in [1.165, 1.54) is 36.8 Å². The summed E-state index contributed by atoms with van der Waals surface area (Å²) in [6.45, 7) is 0. The Morgan fingerprint density at radius 1 is 0.944 bits per heavy atom. The average molecular weight is 281 g/mol. The molecule has 3 rings (SSSR count). The normalized spacial score (nSPS) is 21.6. The quantitative estimate of drug-likeness (QED) is 0.645. The van der Waals surface area contributed by atoms with E-state index in [1.807, 2.05) is 0 Å². The van der Waals surface area contributed by atoms with Crippen molar-refractivity contribution >= 4 is 6.08 Å². The second kappa shape index (κ2) is 6.21. The Labute approximate surface area is 120 Å². The van der Waals surface area contributed by atoms with Crippen LogP contribution in [0.2, 0.25) is 0 Å². The fourth-order valence-corrected chi connectivity index (χ4v) is 2.81. The van der Waals surface area contributed by atoms with Gasteiger partial charge in [0.1, 0.15) is 0 Å². The second-order valence-corrected chi connectivity index (χ2v) is 4.83. The Balaban J connectivity index is 0.00000120. The summed E-state index contributed by atoms with van der Waals surface area (Å²) in [6.07, 6.45) is 16.5. The van der Waals surface area contributed by atoms with Gasteiger partial charge >= 0.3 is 0 Å². The van der Waals surface area contributed by atoms with Crippen LogP contribution in [0.25, 0.3) is 6.08 Å². The average Bonchev–Trinajstić information content (AvgIpc) is 2.73. The Kier molecular flexibility index (Phi) is 4.62. The third-order valence-electron chi connectivity index (χ3n) is 3.70. The predicted molar refractivity (Wildman–Crippen MR) is 73.9 cm³/mol. The molecular weight excluding hydrogens is 263 g/mol. The van der Waals surface area contributed by atoms with Gasteiger partial charge in [0.05, 0.1) is 0 Å². The molecule has 0 saturated heterocycles. The molecule has 0 saturated carbocycles. The molecule has 0 aliphatic heterocycles. The van der Waals surface area contributed by atoms with E-state index in [1.54, 1.807) is 5.57 Å². The Hall–Kier alpha value is -1.05. The first-order chi connectivity index (χ1) is 8.45. The molecule has 1 heteroatoms. The summed E-state index contributed by atoms with van der Waals surface area (Å²) >= 11 is 0. The van der Waals surface area contributed by atoms with Crippen molar-refractivity contribution in [3.63, 3.8) is 0 Å². The number of fused-ring (bicyclic) bond motifs is 1. The minimum Gasteiger partial charge on any atom is -0.0882 e. The number of hydrogen-bond donors (Lipinski definition) is 0. The SMILES string of the molecule is C1=CCCC(C2C=Cc3ccccc32)=CCC1.[Co]. The molecule has 1 aromatic rings. The van der Waals surface area contributed by atoms with Gasteiger partial charge in [-0.3, -0.25) is 0 Å². The van der Waals surface area contributed by atoms with Crippen LogP contribution in [-0.2, 0) is 16.8 Å². The van der Waals surface area contributed by atoms with E-state index in [0.717, 1.165) is 0 Å². The molecule has 18 heavy (non-hydrogen) atoms. The second-order valence-electron chi connectivity index (χ2n) is 4.83. The fraction of sp³-hybridized carbons (Fsp3) is 0.294. The van der Waals surface area contributed by atoms with Crippen LogP contribution in [0, 0.1) is 0 Å². The summed E-state index contributed by atoms with van der Waals surface area (Å²) < 4.78 is 0. The van der Waals surface area contributed by atoms with Crippen molar-refractivity contribution in [3.8, 4) is 0 Å². The van der Waals surface area contributed by atoms with Crippen molar-refractivity contribution in [1.82, 2.24) is 0 Å². The third kappa shape index (κ3) is 2.68. The van der Waals surface area contributed by atoms with Crippen LogP contribution in [0.1, 0.15) is 42.7 Å². The summed E-state index contributed by atoms with van der Waals surface area (Å²) in [6, 6.07) is 8.77. The molecule has 2 aliphatic rings. The molecule has 1 aromatic carbocycles. The van der Waals surface area contributed by atoms with Crippen molar-refractivity contribution in [1.29, 1.82) is 0 Å². The van der Waals surface area contributed by atoms with Crippen LogP contribution < -0.4 is 0 Å². The van der Waals surface area contributed by atoms with E-state index in [2.05, 4.69) is 54.6 Å². The third-order valence-corrected chi connectivity index (χ3v) is 3.70. The maximum atomic E-state index is 2.46. The van der Waals surface area contributed by atoms with Gasteiger partial charge in [-0.15, -0.1) is 0 Å². The van der Waals surface area contributed by atoms with Crippen LogP contribution >= 0.6 is 0 Å². The van der Waals surface area contributed by atoms with Crippen LogP contribution in [0.15, 0.2) is 54.1 Å². The molecule has 0 nitrogen and oxygen atoms in total. The topological polar surface area (TPSA) is 0 Å². The number of hydrogen-bond acceptors (Lipinski definition) is 0. The monoisotopic (exact) mass is 281 g/mol. The molecule has 0 heterocycles. The van der Waals surface area contributed by atoms with Gasteiger partial charge in [-0.2, -0.15) is 0 Å². The van der Waals surface area contributed by atoms with Crippen molar-refractivity contribution < 1.29 is 16.8 Å². The van der Waals surface area contributed by atoms with E-state index in [9.17, 15) is 0 Å². The number of benzene rings is 1. The first kappa shape index (κ1) is 13.4. The van der Waals surface area contributed by atoms with Crippen molar-refractivity contribution in [2.45, 2.75) is 31.6 Å². The molecule has 2 aliphatic carbocycles. The molecule has 0 amide bonds. The molecule has 1 atom stereocenters. The van der Waals surface area contributed by atoms with Crippen LogP contribution in [-0.4, -0.2) is 0 Å². The minimum absolute atomic E-state index is 0. The zero-order valence-corrected chi connectivity index (χ0v) is 11.5. The minimum atomic E-state index is 0. The predicted octanol–water partition coefficient (Wildman–Crippen LogP) is 4.85. The molecule has 0 aromatic heterocycles. The van der Waals surface area contributed by atoms with Crippen LogP contribution in [0.4, 0.5) is 0 Å². The summed E-state index contributed by atoms with van der Waals surface area (Å²) in [5.74, 6) is 0.540. The summed E-state index contributed by atoms with van der Waals surface area (Å²) in [5, 5.41) is 0. The Morgan fingerprint density at radius 3 is 2.72 bits per heavy atom. The summed E-state index contributed by atoms with van der Waals surface area (Å²) in [7, 11) is 0. The summed E-state index contributed by atoms with van der Waals surface area (Å²) in [5.41, 5.74) is 4.50. The number of rotatable bonds is 1. The first-order valence-electron chi connectivity index (χ1n) is 6.56. The number of allylic oxidation sites excluding steroid dienone is 5. The van der Waals surface area contributed by atoms with E-state index < -0.39 is 0 Å². The van der Waals surface area contributed by atoms with Gasteiger partial charge in [-0.25, -0.2) is 0 Å².